The van der Waals surface area contributed by atoms with Crippen LogP contribution >= 0.6 is 0 Å². The maximum absolute atomic E-state index is 13.3. The number of rotatable bonds is 6. The molecule has 1 N–H and O–H groups in total. The third-order valence-corrected chi connectivity index (χ3v) is 4.33. The largest absolute Gasteiger partial charge is 0.444 e. The number of amides is 1. The van der Waals surface area contributed by atoms with Crippen molar-refractivity contribution in [1.82, 2.24) is 9.78 Å². The summed E-state index contributed by atoms with van der Waals surface area (Å²) in [5.41, 5.74) is -1.18. The zero-order valence-corrected chi connectivity index (χ0v) is 16.0. The Kier molecular flexibility index (Phi) is 7.19. The smallest absolute Gasteiger partial charge is 0.412 e. The van der Waals surface area contributed by atoms with Crippen LogP contribution in [0.3, 0.4) is 0 Å². The molecule has 1 aromatic rings. The van der Waals surface area contributed by atoms with Gasteiger partial charge in [0, 0.05) is 6.20 Å². The van der Waals surface area contributed by atoms with E-state index >= 15 is 0 Å². The lowest BCUT2D eigenvalue weighted by Gasteiger charge is -2.28. The Hall–Kier alpha value is -2.14. The van der Waals surface area contributed by atoms with Gasteiger partial charge in [0.2, 0.25) is 0 Å². The molecule has 1 aliphatic carbocycles. The second-order valence-electron chi connectivity index (χ2n) is 7.73. The molecule has 0 atom stereocenters. The first-order chi connectivity index (χ1) is 12.7. The number of halogens is 2. The molecule has 0 aliphatic heterocycles. The summed E-state index contributed by atoms with van der Waals surface area (Å²) in [7, 11) is 0. The fourth-order valence-corrected chi connectivity index (χ4v) is 3.12. The van der Waals surface area contributed by atoms with Gasteiger partial charge in [-0.25, -0.2) is 13.6 Å². The number of alkyl halides is 2. The molecule has 1 aromatic heterocycles. The van der Waals surface area contributed by atoms with E-state index in [0.717, 1.165) is 25.7 Å². The number of nitrogens with zero attached hydrogens (tertiary/aromatic N) is 2. The number of carbonyl (C=O) groups is 1. The van der Waals surface area contributed by atoms with E-state index in [-0.39, 0.29) is 11.7 Å². The number of hydrogen-bond donors (Lipinski definition) is 1. The van der Waals surface area contributed by atoms with Crippen LogP contribution in [0, 0.1) is 18.3 Å². The first kappa shape index (κ1) is 21.2. The third-order valence-electron chi connectivity index (χ3n) is 4.33. The van der Waals surface area contributed by atoms with Crippen LogP contribution in [0.25, 0.3) is 0 Å². The van der Waals surface area contributed by atoms with Crippen molar-refractivity contribution in [3.8, 4) is 12.3 Å². The molecule has 0 radical (unpaired) electrons. The molecule has 150 valence electrons. The molecule has 2 rings (SSSR count). The quantitative estimate of drug-likeness (QED) is 0.578. The summed E-state index contributed by atoms with van der Waals surface area (Å²) >= 11 is 0. The van der Waals surface area contributed by atoms with E-state index in [4.69, 9.17) is 15.9 Å². The summed E-state index contributed by atoms with van der Waals surface area (Å²) in [6.45, 7) is 6.03. The van der Waals surface area contributed by atoms with E-state index < -0.39 is 23.8 Å². The van der Waals surface area contributed by atoms with Crippen molar-refractivity contribution >= 4 is 11.8 Å². The zero-order chi connectivity index (χ0) is 20.0. The first-order valence-electron chi connectivity index (χ1n) is 9.08. The van der Waals surface area contributed by atoms with E-state index in [2.05, 4.69) is 16.3 Å². The molecule has 27 heavy (non-hydrogen) atoms. The molecule has 1 saturated carbocycles. The van der Waals surface area contributed by atoms with Gasteiger partial charge in [-0.15, -0.1) is 6.42 Å². The Morgan fingerprint density at radius 1 is 1.41 bits per heavy atom. The number of hydrogen-bond acceptors (Lipinski definition) is 4. The highest BCUT2D eigenvalue weighted by atomic mass is 19.3. The summed E-state index contributed by atoms with van der Waals surface area (Å²) in [4.78, 5) is 11.9. The summed E-state index contributed by atoms with van der Waals surface area (Å²) < 4.78 is 38.7. The van der Waals surface area contributed by atoms with Crippen LogP contribution in [0.15, 0.2) is 6.20 Å². The summed E-state index contributed by atoms with van der Waals surface area (Å²) in [5.74, 6) is 2.85. The summed E-state index contributed by atoms with van der Waals surface area (Å²) in [6, 6.07) is 0.0144. The van der Waals surface area contributed by atoms with Gasteiger partial charge < -0.3 is 9.47 Å². The van der Waals surface area contributed by atoms with Gasteiger partial charge in [0.1, 0.15) is 12.2 Å². The van der Waals surface area contributed by atoms with Gasteiger partial charge in [0.05, 0.1) is 18.3 Å². The molecule has 0 saturated heterocycles. The summed E-state index contributed by atoms with van der Waals surface area (Å²) in [5, 5.41) is 6.41. The van der Waals surface area contributed by atoms with Crippen LogP contribution in [0.5, 0.6) is 0 Å². The lowest BCUT2D eigenvalue weighted by molar-refractivity contribution is 0.0635. The minimum Gasteiger partial charge on any atom is -0.444 e. The molecule has 1 fully saturated rings. The van der Waals surface area contributed by atoms with Crippen molar-refractivity contribution < 1.29 is 23.0 Å². The van der Waals surface area contributed by atoms with Crippen LogP contribution in [0.4, 0.5) is 19.3 Å². The Bertz CT molecular complexity index is 669. The number of ether oxygens (including phenoxy) is 2. The number of aromatic nitrogens is 2. The standard InChI is InChI=1S/C19H27F2N3O3/c1-5-10-26-12-13-6-8-14(9-7-13)24-11-15(16(23-24)17(20)21)22-18(25)27-19(2,3)4/h1,11,13-14,17H,6-10,12H2,2-4H3,(H,22,25)/t13-,14-. The molecule has 6 nitrogen and oxygen atoms in total. The summed E-state index contributed by atoms with van der Waals surface area (Å²) in [6.07, 6.45) is 6.49. The second kappa shape index (κ2) is 9.18. The van der Waals surface area contributed by atoms with Gasteiger partial charge in [0.15, 0.2) is 5.69 Å². The number of nitrogens with one attached hydrogen (secondary N) is 1. The molecule has 0 spiro atoms. The Morgan fingerprint density at radius 2 is 2.07 bits per heavy atom. The lowest BCUT2D eigenvalue weighted by atomic mass is 9.86. The molecule has 1 heterocycles. The van der Waals surface area contributed by atoms with Crippen molar-refractivity contribution in [1.29, 1.82) is 0 Å². The fourth-order valence-electron chi connectivity index (χ4n) is 3.12. The van der Waals surface area contributed by atoms with Crippen LogP contribution in [0.2, 0.25) is 0 Å². The highest BCUT2D eigenvalue weighted by molar-refractivity contribution is 5.85. The maximum atomic E-state index is 13.3. The van der Waals surface area contributed by atoms with Crippen LogP contribution in [-0.2, 0) is 9.47 Å². The number of carbonyl (C=O) groups excluding carboxylic acids is 1. The normalized spacial score (nSPS) is 20.3. The van der Waals surface area contributed by atoms with Crippen LogP contribution < -0.4 is 5.32 Å². The number of terminal acetylenes is 1. The van der Waals surface area contributed by atoms with E-state index in [0.29, 0.717) is 19.1 Å². The Labute approximate surface area is 158 Å². The molecule has 1 aliphatic rings. The molecular weight excluding hydrogens is 356 g/mol. The monoisotopic (exact) mass is 383 g/mol. The topological polar surface area (TPSA) is 65.4 Å². The molecule has 1 amide bonds. The van der Waals surface area contributed by atoms with Crippen molar-refractivity contribution in [2.75, 3.05) is 18.5 Å². The average Bonchev–Trinajstić information content (AvgIpc) is 2.98. The van der Waals surface area contributed by atoms with Crippen molar-refractivity contribution in [3.05, 3.63) is 11.9 Å². The van der Waals surface area contributed by atoms with Gasteiger partial charge in [-0.2, -0.15) is 5.10 Å². The Morgan fingerprint density at radius 3 is 2.63 bits per heavy atom. The van der Waals surface area contributed by atoms with Crippen molar-refractivity contribution in [3.63, 3.8) is 0 Å². The van der Waals surface area contributed by atoms with Gasteiger partial charge in [0.25, 0.3) is 6.43 Å². The lowest BCUT2D eigenvalue weighted by Crippen LogP contribution is -2.27. The zero-order valence-electron chi connectivity index (χ0n) is 16.0. The molecular formula is C19H27F2N3O3. The minimum atomic E-state index is -2.79. The maximum Gasteiger partial charge on any atom is 0.412 e. The molecule has 0 bridgehead atoms. The van der Waals surface area contributed by atoms with Gasteiger partial charge >= 0.3 is 6.09 Å². The highest BCUT2D eigenvalue weighted by Crippen LogP contribution is 2.35. The average molecular weight is 383 g/mol. The minimum absolute atomic E-state index is 0.0144. The highest BCUT2D eigenvalue weighted by Gasteiger charge is 2.27. The molecule has 0 unspecified atom stereocenters. The number of anilines is 1. The Balaban J connectivity index is 2.00. The predicted octanol–water partition coefficient (Wildman–Crippen LogP) is 4.55. The SMILES string of the molecule is C#CCOC[C@H]1CC[C@H](n2cc(NC(=O)OC(C)(C)C)c(C(F)F)n2)CC1. The van der Waals surface area contributed by atoms with E-state index in [1.54, 1.807) is 20.8 Å². The first-order valence-corrected chi connectivity index (χ1v) is 9.08. The van der Waals surface area contributed by atoms with Crippen molar-refractivity contribution in [2.24, 2.45) is 5.92 Å². The van der Waals surface area contributed by atoms with E-state index in [1.165, 1.54) is 10.9 Å². The van der Waals surface area contributed by atoms with Gasteiger partial charge in [-0.1, -0.05) is 5.92 Å². The van der Waals surface area contributed by atoms with Crippen LogP contribution in [-0.4, -0.2) is 34.7 Å². The second-order valence-corrected chi connectivity index (χ2v) is 7.73. The molecule has 0 aromatic carbocycles. The third kappa shape index (κ3) is 6.51. The predicted molar refractivity (Wildman–Crippen MR) is 97.7 cm³/mol. The molecule has 8 heteroatoms. The van der Waals surface area contributed by atoms with E-state index in [1.807, 2.05) is 0 Å². The van der Waals surface area contributed by atoms with E-state index in [9.17, 15) is 13.6 Å². The van der Waals surface area contributed by atoms with Gasteiger partial charge in [-0.05, 0) is 52.4 Å². The van der Waals surface area contributed by atoms with Crippen molar-refractivity contribution in [2.45, 2.75) is 64.5 Å². The van der Waals surface area contributed by atoms with Crippen LogP contribution in [0.1, 0.15) is 64.6 Å². The van der Waals surface area contributed by atoms with Gasteiger partial charge in [-0.3, -0.25) is 10.00 Å². The fraction of sp³-hybridized carbons (Fsp3) is 0.684.